The van der Waals surface area contributed by atoms with E-state index in [-0.39, 0.29) is 40.5 Å². The Balaban J connectivity index is 0.000000168. The van der Waals surface area contributed by atoms with E-state index in [1.165, 1.54) is 0 Å². The highest BCUT2D eigenvalue weighted by Crippen LogP contribution is 2.31. The van der Waals surface area contributed by atoms with E-state index in [2.05, 4.69) is 20.6 Å². The van der Waals surface area contributed by atoms with E-state index in [1.54, 1.807) is 0 Å². The molecule has 0 radical (unpaired) electrons. The van der Waals surface area contributed by atoms with E-state index >= 15 is 0 Å². The van der Waals surface area contributed by atoms with Crippen LogP contribution >= 0.6 is 0 Å². The van der Waals surface area contributed by atoms with E-state index in [1.807, 2.05) is 0 Å². The van der Waals surface area contributed by atoms with Gasteiger partial charge in [0.15, 0.2) is 9.84 Å². The number of hydrogen-bond donors (Lipinski definition) is 4. The van der Waals surface area contributed by atoms with E-state index in [0.29, 0.717) is 0 Å². The number of allylic oxidation sites excluding steroid dienone is 4. The average Bonchev–Trinajstić information content (AvgIpc) is 2.93. The summed E-state index contributed by atoms with van der Waals surface area (Å²) in [5.41, 5.74) is -2.66. The number of hydrogen-bond acceptors (Lipinski definition) is 14. The molecule has 4 N–H and O–H groups in total. The highest BCUT2D eigenvalue weighted by molar-refractivity contribution is 7.99. The Kier molecular flexibility index (Phi) is 6.46. The number of Topliss-reactive ketones (excluding diaryl/α,β-unsaturated/α-hetero) is 4. The fourth-order valence-corrected chi connectivity index (χ4v) is 6.95. The van der Waals surface area contributed by atoms with Crippen LogP contribution in [0.25, 0.3) is 0 Å². The predicted octanol–water partition coefficient (Wildman–Crippen LogP) is -0.752. The number of rotatable bonds is 2. The molecule has 4 aliphatic rings. The third kappa shape index (κ3) is 4.38. The van der Waals surface area contributed by atoms with E-state index in [9.17, 15) is 45.6 Å². The molecule has 0 aromatic carbocycles. The first kappa shape index (κ1) is 28.2. The fourth-order valence-electron chi connectivity index (χ4n) is 4.33. The van der Waals surface area contributed by atoms with Crippen molar-refractivity contribution in [1.29, 1.82) is 0 Å². The summed E-state index contributed by atoms with van der Waals surface area (Å²) in [7, 11) is -7.90. The molecule has 4 heterocycles. The molecule has 6 rings (SSSR count). The van der Waals surface area contributed by atoms with Crippen molar-refractivity contribution < 1.29 is 55.8 Å². The molecule has 42 heavy (non-hydrogen) atoms. The second-order valence-corrected chi connectivity index (χ2v) is 12.6. The third-order valence-electron chi connectivity index (χ3n) is 6.21. The maximum absolute atomic E-state index is 12.3. The molecule has 0 amide bonds. The van der Waals surface area contributed by atoms with Gasteiger partial charge in [-0.1, -0.05) is 0 Å². The predicted molar refractivity (Wildman–Crippen MR) is 137 cm³/mol. The molecule has 2 aliphatic carbocycles. The van der Waals surface area contributed by atoms with Gasteiger partial charge in [-0.2, -0.15) is 0 Å². The molecule has 2 aromatic heterocycles. The van der Waals surface area contributed by atoms with Gasteiger partial charge in [0, 0.05) is 12.7 Å². The Morgan fingerprint density at radius 1 is 0.714 bits per heavy atom. The van der Waals surface area contributed by atoms with Gasteiger partial charge >= 0.3 is 11.9 Å². The Hall–Kier alpha value is -5.36. The number of fused-ring (bicyclic) bond motifs is 2. The van der Waals surface area contributed by atoms with Crippen molar-refractivity contribution >= 4 is 54.7 Å². The fraction of sp³-hybridized carbons (Fsp3) is 0.0833. The molecule has 0 unspecified atom stereocenters. The summed E-state index contributed by atoms with van der Waals surface area (Å²) in [5.74, 6) is -6.36. The molecule has 0 atom stereocenters. The van der Waals surface area contributed by atoms with Gasteiger partial charge < -0.3 is 20.8 Å². The van der Waals surface area contributed by atoms with Crippen molar-refractivity contribution in [3.8, 4) is 0 Å². The second-order valence-electron chi connectivity index (χ2n) is 8.76. The molecule has 18 heteroatoms. The van der Waals surface area contributed by atoms with Gasteiger partial charge in [0.05, 0.1) is 22.3 Å². The number of carbonyl (C=O) groups excluding carboxylic acids is 4. The topological polar surface area (TPSA) is 261 Å². The molecule has 214 valence electrons. The minimum absolute atomic E-state index is 0.00808. The Bertz CT molecular complexity index is 2040. The zero-order valence-corrected chi connectivity index (χ0v) is 22.2. The number of ketones is 4. The highest BCUT2D eigenvalue weighted by Gasteiger charge is 2.43. The van der Waals surface area contributed by atoms with Crippen LogP contribution in [0.3, 0.4) is 0 Å². The molecular weight excluding hydrogens is 600 g/mol. The SMILES string of the molecule is O=C(O)c1ccc2c(n1)C(=O)C1=C(C2=O)S(=O)(=O)CCN1.O=C(O)c1ccc2c(n1)C(=O)C1=C(NC=CS1(=O)=O)C2=O. The van der Waals surface area contributed by atoms with Crippen LogP contribution in [0, 0.1) is 0 Å². The summed E-state index contributed by atoms with van der Waals surface area (Å²) in [5, 5.41) is 23.5. The van der Waals surface area contributed by atoms with Gasteiger partial charge in [0.1, 0.15) is 44.0 Å². The first-order valence-electron chi connectivity index (χ1n) is 11.5. The molecular formula is C24H14N4O12S2. The zero-order chi connectivity index (χ0) is 30.7. The van der Waals surface area contributed by atoms with Crippen molar-refractivity contribution in [3.63, 3.8) is 0 Å². The zero-order valence-electron chi connectivity index (χ0n) is 20.6. The summed E-state index contributed by atoms with van der Waals surface area (Å²) in [4.78, 5) is 76.7. The second kappa shape index (κ2) is 9.63. The Morgan fingerprint density at radius 2 is 1.26 bits per heavy atom. The van der Waals surface area contributed by atoms with E-state index in [4.69, 9.17) is 10.2 Å². The van der Waals surface area contributed by atoms with Gasteiger partial charge in [0.2, 0.25) is 33.0 Å². The van der Waals surface area contributed by atoms with E-state index < -0.39 is 81.6 Å². The number of carboxylic acids is 2. The Labute approximate surface area is 234 Å². The summed E-state index contributed by atoms with van der Waals surface area (Å²) in [6.45, 7) is 0.00808. The maximum atomic E-state index is 12.3. The summed E-state index contributed by atoms with van der Waals surface area (Å²) in [6.07, 6.45) is 1.05. The molecule has 2 aliphatic heterocycles. The lowest BCUT2D eigenvalue weighted by Gasteiger charge is -2.24. The van der Waals surface area contributed by atoms with Gasteiger partial charge in [-0.15, -0.1) is 0 Å². The van der Waals surface area contributed by atoms with Crippen molar-refractivity contribution in [2.75, 3.05) is 12.3 Å². The van der Waals surface area contributed by atoms with Crippen LogP contribution in [0.15, 0.2) is 57.1 Å². The molecule has 2 aromatic rings. The summed E-state index contributed by atoms with van der Waals surface area (Å²) >= 11 is 0. The lowest BCUT2D eigenvalue weighted by atomic mass is 9.96. The number of carbonyl (C=O) groups is 6. The van der Waals surface area contributed by atoms with Gasteiger partial charge in [-0.05, 0) is 24.3 Å². The molecule has 0 spiro atoms. The van der Waals surface area contributed by atoms with Crippen LogP contribution in [0.2, 0.25) is 0 Å². The highest BCUT2D eigenvalue weighted by atomic mass is 32.2. The number of pyridine rings is 2. The average molecular weight is 615 g/mol. The largest absolute Gasteiger partial charge is 0.477 e. The van der Waals surface area contributed by atoms with Gasteiger partial charge in [-0.3, -0.25) is 19.2 Å². The number of sulfone groups is 2. The number of nitrogens with one attached hydrogen (secondary N) is 2. The molecule has 0 bridgehead atoms. The quantitative estimate of drug-likeness (QED) is 0.324. The van der Waals surface area contributed by atoms with Crippen LogP contribution in [0.5, 0.6) is 0 Å². The Morgan fingerprint density at radius 3 is 1.83 bits per heavy atom. The van der Waals surface area contributed by atoms with Crippen LogP contribution in [-0.2, 0) is 19.7 Å². The minimum Gasteiger partial charge on any atom is -0.477 e. The van der Waals surface area contributed by atoms with Crippen LogP contribution in [0.4, 0.5) is 0 Å². The van der Waals surface area contributed by atoms with Crippen LogP contribution < -0.4 is 10.6 Å². The number of aromatic nitrogens is 2. The summed E-state index contributed by atoms with van der Waals surface area (Å²) in [6, 6.07) is 4.38. The number of aromatic carboxylic acids is 2. The maximum Gasteiger partial charge on any atom is 0.354 e. The van der Waals surface area contributed by atoms with E-state index in [0.717, 1.165) is 35.9 Å². The molecule has 0 saturated carbocycles. The lowest BCUT2D eigenvalue weighted by Crippen LogP contribution is -2.41. The van der Waals surface area contributed by atoms with Crippen LogP contribution in [-0.4, -0.2) is 84.4 Å². The molecule has 16 nitrogen and oxygen atoms in total. The van der Waals surface area contributed by atoms with Crippen molar-refractivity contribution in [2.24, 2.45) is 0 Å². The lowest BCUT2D eigenvalue weighted by molar-refractivity contribution is 0.0679. The summed E-state index contributed by atoms with van der Waals surface area (Å²) < 4.78 is 47.7. The third-order valence-corrected chi connectivity index (χ3v) is 9.42. The molecule has 0 saturated heterocycles. The monoisotopic (exact) mass is 614 g/mol. The number of carboxylic acid groups (broad SMARTS) is 2. The molecule has 0 fully saturated rings. The van der Waals surface area contributed by atoms with Crippen molar-refractivity contribution in [3.05, 3.63) is 91.0 Å². The van der Waals surface area contributed by atoms with Gasteiger partial charge in [-0.25, -0.2) is 36.4 Å². The normalized spacial score (nSPS) is 19.2. The van der Waals surface area contributed by atoms with Gasteiger partial charge in [0.25, 0.3) is 0 Å². The van der Waals surface area contributed by atoms with Crippen LogP contribution in [0.1, 0.15) is 62.7 Å². The first-order chi connectivity index (χ1) is 19.7. The number of nitrogens with zero attached hydrogens (tertiary/aromatic N) is 2. The van der Waals surface area contributed by atoms with Crippen molar-refractivity contribution in [2.45, 2.75) is 0 Å². The first-order valence-corrected chi connectivity index (χ1v) is 14.7. The standard InChI is InChI=1S/C12H8N2O6S.C12H6N2O6S/c15-9-5-1-2-6(12(17)18)14-7(5)10(16)8-11(9)21(19,20)4-3-13-8;15-9-5-1-2-6(12(17)18)14-7(5)10(16)11-8(9)13-3-4-21(11,19)20/h1-2,13H,3-4H2,(H,17,18);1-4,13H,(H,17,18). The minimum atomic E-state index is -4.06. The van der Waals surface area contributed by atoms with Crippen molar-refractivity contribution in [1.82, 2.24) is 20.6 Å². The smallest absolute Gasteiger partial charge is 0.354 e.